The lowest BCUT2D eigenvalue weighted by Gasteiger charge is -2.34. The fourth-order valence-electron chi connectivity index (χ4n) is 2.49. The third-order valence-corrected chi connectivity index (χ3v) is 4.00. The van der Waals surface area contributed by atoms with Crippen molar-refractivity contribution < 1.29 is 4.79 Å². The molecule has 0 aliphatic carbocycles. The van der Waals surface area contributed by atoms with Crippen molar-refractivity contribution in [1.29, 1.82) is 0 Å². The van der Waals surface area contributed by atoms with Crippen LogP contribution in [0.1, 0.15) is 32.4 Å². The predicted octanol–water partition coefficient (Wildman–Crippen LogP) is 3.10. The van der Waals surface area contributed by atoms with Crippen molar-refractivity contribution in [2.75, 3.05) is 18.4 Å². The maximum atomic E-state index is 12.1. The number of piperidine rings is 1. The van der Waals surface area contributed by atoms with E-state index in [-0.39, 0.29) is 17.9 Å². The molecule has 1 atom stereocenters. The van der Waals surface area contributed by atoms with Crippen molar-refractivity contribution in [3.63, 3.8) is 0 Å². The van der Waals surface area contributed by atoms with Gasteiger partial charge in [0, 0.05) is 25.0 Å². The van der Waals surface area contributed by atoms with E-state index < -0.39 is 0 Å². The first-order valence-corrected chi connectivity index (χ1v) is 7.53. The summed E-state index contributed by atoms with van der Waals surface area (Å²) in [6.07, 6.45) is 2.09. The molecule has 1 unspecified atom stereocenters. The van der Waals surface area contributed by atoms with E-state index in [0.29, 0.717) is 5.02 Å². The zero-order valence-corrected chi connectivity index (χ0v) is 13.1. The van der Waals surface area contributed by atoms with Gasteiger partial charge in [-0.2, -0.15) is 0 Å². The second-order valence-electron chi connectivity index (χ2n) is 5.69. The number of halogens is 1. The number of hydrogen-bond donors (Lipinski definition) is 1. The molecular weight excluding hydrogens is 274 g/mol. The van der Waals surface area contributed by atoms with Crippen molar-refractivity contribution in [3.8, 4) is 0 Å². The van der Waals surface area contributed by atoms with Gasteiger partial charge in [-0.3, -0.25) is 4.79 Å². The Bertz CT molecular complexity index is 490. The lowest BCUT2D eigenvalue weighted by atomic mass is 10.0. The number of carbonyl (C=O) groups excluding carboxylic acids is 1. The van der Waals surface area contributed by atoms with Crippen molar-refractivity contribution >= 4 is 23.3 Å². The zero-order valence-electron chi connectivity index (χ0n) is 12.3. The first-order chi connectivity index (χ1) is 9.47. The highest BCUT2D eigenvalue weighted by molar-refractivity contribution is 6.31. The van der Waals surface area contributed by atoms with E-state index in [9.17, 15) is 4.79 Å². The molecule has 1 saturated heterocycles. The monoisotopic (exact) mass is 295 g/mol. The van der Waals surface area contributed by atoms with Gasteiger partial charge >= 0.3 is 0 Å². The summed E-state index contributed by atoms with van der Waals surface area (Å²) < 4.78 is 0. The number of nitrogens with zero attached hydrogens (tertiary/aromatic N) is 2. The van der Waals surface area contributed by atoms with Crippen LogP contribution in [-0.2, 0) is 4.79 Å². The molecule has 0 spiro atoms. The summed E-state index contributed by atoms with van der Waals surface area (Å²) in [7, 11) is 0. The number of amides is 1. The molecule has 5 heteroatoms. The highest BCUT2D eigenvalue weighted by Gasteiger charge is 2.25. The Labute approximate surface area is 125 Å². The Morgan fingerprint density at radius 2 is 2.25 bits per heavy atom. The zero-order chi connectivity index (χ0) is 14.7. The number of anilines is 1. The third-order valence-electron chi connectivity index (χ3n) is 3.60. The first-order valence-electron chi connectivity index (χ1n) is 7.16. The Morgan fingerprint density at radius 3 is 2.90 bits per heavy atom. The first kappa shape index (κ1) is 15.1. The molecule has 1 N–H and O–H groups in total. The quantitative estimate of drug-likeness (QED) is 0.932. The lowest BCUT2D eigenvalue weighted by Crippen LogP contribution is -2.46. The number of carbonyl (C=O) groups is 1. The van der Waals surface area contributed by atoms with E-state index in [2.05, 4.69) is 10.3 Å². The van der Waals surface area contributed by atoms with E-state index >= 15 is 0 Å². The highest BCUT2D eigenvalue weighted by atomic mass is 35.5. The lowest BCUT2D eigenvalue weighted by molar-refractivity contribution is -0.135. The van der Waals surface area contributed by atoms with Gasteiger partial charge in [0.1, 0.15) is 5.82 Å². The smallest absolute Gasteiger partial charge is 0.225 e. The maximum absolute atomic E-state index is 12.1. The summed E-state index contributed by atoms with van der Waals surface area (Å²) in [5.74, 6) is 1.12. The summed E-state index contributed by atoms with van der Waals surface area (Å²) in [5.41, 5.74) is 0.822. The minimum Gasteiger partial charge on any atom is -0.366 e. The van der Waals surface area contributed by atoms with Crippen LogP contribution in [0.15, 0.2) is 12.1 Å². The molecule has 1 fully saturated rings. The fraction of sp³-hybridized carbons (Fsp3) is 0.600. The molecule has 0 bridgehead atoms. The Kier molecular flexibility index (Phi) is 4.86. The van der Waals surface area contributed by atoms with E-state index in [1.807, 2.05) is 37.8 Å². The normalized spacial score (nSPS) is 19.2. The third kappa shape index (κ3) is 3.63. The number of hydrogen-bond acceptors (Lipinski definition) is 3. The minimum absolute atomic E-state index is 0.0599. The molecule has 1 aromatic rings. The molecule has 2 rings (SSSR count). The van der Waals surface area contributed by atoms with Gasteiger partial charge in [0.05, 0.1) is 10.7 Å². The number of rotatable bonds is 3. The topological polar surface area (TPSA) is 45.2 Å². The summed E-state index contributed by atoms with van der Waals surface area (Å²) in [4.78, 5) is 18.4. The van der Waals surface area contributed by atoms with Gasteiger partial charge in [0.25, 0.3) is 0 Å². The molecule has 4 nitrogen and oxygen atoms in total. The Balaban J connectivity index is 1.99. The van der Waals surface area contributed by atoms with Gasteiger partial charge in [-0.1, -0.05) is 25.4 Å². The van der Waals surface area contributed by atoms with E-state index in [0.717, 1.165) is 37.4 Å². The molecule has 1 aliphatic heterocycles. The largest absolute Gasteiger partial charge is 0.366 e. The second kappa shape index (κ2) is 6.44. The van der Waals surface area contributed by atoms with Crippen LogP contribution in [0.3, 0.4) is 0 Å². The Morgan fingerprint density at radius 1 is 1.50 bits per heavy atom. The molecule has 2 heterocycles. The molecular formula is C15H22ClN3O. The summed E-state index contributed by atoms with van der Waals surface area (Å²) in [5, 5.41) is 4.09. The van der Waals surface area contributed by atoms with Crippen molar-refractivity contribution in [3.05, 3.63) is 22.8 Å². The van der Waals surface area contributed by atoms with Crippen LogP contribution in [0.4, 0.5) is 5.82 Å². The predicted molar refractivity (Wildman–Crippen MR) is 82.0 cm³/mol. The van der Waals surface area contributed by atoms with Gasteiger partial charge in [-0.25, -0.2) is 4.98 Å². The van der Waals surface area contributed by atoms with Crippen LogP contribution in [0.5, 0.6) is 0 Å². The molecule has 0 saturated carbocycles. The summed E-state index contributed by atoms with van der Waals surface area (Å²) in [6, 6.07) is 4.00. The van der Waals surface area contributed by atoms with Crippen LogP contribution < -0.4 is 5.32 Å². The van der Waals surface area contributed by atoms with Gasteiger partial charge < -0.3 is 10.2 Å². The van der Waals surface area contributed by atoms with Gasteiger partial charge in [0.2, 0.25) is 5.91 Å². The van der Waals surface area contributed by atoms with Gasteiger partial charge in [-0.15, -0.1) is 0 Å². The molecule has 0 aromatic carbocycles. The molecule has 1 amide bonds. The molecule has 1 aliphatic rings. The van der Waals surface area contributed by atoms with Gasteiger partial charge in [0.15, 0.2) is 0 Å². The summed E-state index contributed by atoms with van der Waals surface area (Å²) in [6.45, 7) is 7.40. The standard InChI is InChI=1S/C15H22ClN3O/c1-10(2)15(20)19-8-4-5-12(9-19)18-14-7-6-13(16)11(3)17-14/h6-7,10,12H,4-5,8-9H2,1-3H3,(H,17,18). The SMILES string of the molecule is Cc1nc(NC2CCCN(C(=O)C(C)C)C2)ccc1Cl. The van der Waals surface area contributed by atoms with Crippen molar-refractivity contribution in [2.24, 2.45) is 5.92 Å². The Hall–Kier alpha value is -1.29. The average Bonchev–Trinajstić information content (AvgIpc) is 2.42. The fourth-order valence-corrected chi connectivity index (χ4v) is 2.60. The number of aryl methyl sites for hydroxylation is 1. The molecule has 110 valence electrons. The summed E-state index contributed by atoms with van der Waals surface area (Å²) >= 11 is 5.98. The van der Waals surface area contributed by atoms with E-state index in [4.69, 9.17) is 11.6 Å². The van der Waals surface area contributed by atoms with E-state index in [1.165, 1.54) is 0 Å². The molecule has 1 aromatic heterocycles. The minimum atomic E-state index is 0.0599. The molecule has 20 heavy (non-hydrogen) atoms. The second-order valence-corrected chi connectivity index (χ2v) is 6.09. The number of pyridine rings is 1. The maximum Gasteiger partial charge on any atom is 0.225 e. The van der Waals surface area contributed by atoms with Crippen LogP contribution >= 0.6 is 11.6 Å². The van der Waals surface area contributed by atoms with Crippen molar-refractivity contribution in [1.82, 2.24) is 9.88 Å². The van der Waals surface area contributed by atoms with Crippen LogP contribution in [-0.4, -0.2) is 34.9 Å². The average molecular weight is 296 g/mol. The van der Waals surface area contributed by atoms with Crippen LogP contribution in [0.2, 0.25) is 5.02 Å². The highest BCUT2D eigenvalue weighted by Crippen LogP contribution is 2.19. The number of nitrogens with one attached hydrogen (secondary N) is 1. The van der Waals surface area contributed by atoms with Crippen molar-refractivity contribution in [2.45, 2.75) is 39.7 Å². The van der Waals surface area contributed by atoms with Gasteiger partial charge in [-0.05, 0) is 31.9 Å². The number of aromatic nitrogens is 1. The van der Waals surface area contributed by atoms with E-state index in [1.54, 1.807) is 0 Å². The molecule has 0 radical (unpaired) electrons. The van der Waals surface area contributed by atoms with Crippen LogP contribution in [0, 0.1) is 12.8 Å². The number of likely N-dealkylation sites (tertiary alicyclic amines) is 1. The van der Waals surface area contributed by atoms with Crippen LogP contribution in [0.25, 0.3) is 0 Å².